The molecule has 0 bridgehead atoms. The molecule has 2 aromatic rings. The zero-order chi connectivity index (χ0) is 18.7. The van der Waals surface area contributed by atoms with Gasteiger partial charge in [0.15, 0.2) is 0 Å². The van der Waals surface area contributed by atoms with E-state index in [0.717, 1.165) is 29.3 Å². The Morgan fingerprint density at radius 2 is 1.73 bits per heavy atom. The van der Waals surface area contributed by atoms with Crippen molar-refractivity contribution in [2.45, 2.75) is 38.0 Å². The molecule has 2 aromatic carbocycles. The molecule has 3 nitrogen and oxygen atoms in total. The Labute approximate surface area is 164 Å². The minimum Gasteiger partial charge on any atom is -0.273 e. The largest absolute Gasteiger partial charge is 0.273 e. The van der Waals surface area contributed by atoms with Crippen molar-refractivity contribution in [3.05, 3.63) is 75.9 Å². The van der Waals surface area contributed by atoms with E-state index in [9.17, 15) is 8.42 Å². The number of aryl methyl sites for hydroxylation is 2. The van der Waals surface area contributed by atoms with Crippen molar-refractivity contribution in [1.29, 1.82) is 0 Å². The summed E-state index contributed by atoms with van der Waals surface area (Å²) in [6, 6.07) is 15.4. The highest BCUT2D eigenvalue weighted by atomic mass is 79.9. The second-order valence-electron chi connectivity index (χ2n) is 6.81. The van der Waals surface area contributed by atoms with Crippen LogP contribution in [0, 0.1) is 12.8 Å². The zero-order valence-corrected chi connectivity index (χ0v) is 17.6. The summed E-state index contributed by atoms with van der Waals surface area (Å²) in [4.78, 5) is 0.364. The molecule has 26 heavy (non-hydrogen) atoms. The molecule has 0 aromatic heterocycles. The lowest BCUT2D eigenvalue weighted by atomic mass is 9.93. The summed E-state index contributed by atoms with van der Waals surface area (Å²) >= 11 is 3.46. The van der Waals surface area contributed by atoms with Gasteiger partial charge in [0.1, 0.15) is 0 Å². The first-order valence-corrected chi connectivity index (χ1v) is 11.2. The van der Waals surface area contributed by atoms with Crippen molar-refractivity contribution < 1.29 is 8.42 Å². The van der Waals surface area contributed by atoms with Gasteiger partial charge in [-0.3, -0.25) is 4.31 Å². The summed E-state index contributed by atoms with van der Waals surface area (Å²) in [6.07, 6.45) is 4.64. The Hall–Kier alpha value is -1.59. The van der Waals surface area contributed by atoms with Crippen LogP contribution in [0.5, 0.6) is 0 Å². The Balaban J connectivity index is 1.72. The molecule has 0 aliphatic carbocycles. The molecule has 0 saturated carbocycles. The summed E-state index contributed by atoms with van der Waals surface area (Å²) in [5.41, 5.74) is 3.56. The molecule has 1 unspecified atom stereocenters. The van der Waals surface area contributed by atoms with E-state index in [2.05, 4.69) is 47.1 Å². The van der Waals surface area contributed by atoms with Crippen molar-refractivity contribution >= 4 is 26.0 Å². The average molecular weight is 434 g/mol. The normalized spacial score (nSPS) is 17.4. The van der Waals surface area contributed by atoms with E-state index in [1.54, 1.807) is 12.1 Å². The van der Waals surface area contributed by atoms with Crippen LogP contribution in [0.1, 0.15) is 30.9 Å². The second-order valence-corrected chi connectivity index (χ2v) is 9.61. The molecular weight excluding hydrogens is 410 g/mol. The minimum atomic E-state index is -3.47. The highest BCUT2D eigenvalue weighted by Crippen LogP contribution is 2.32. The summed E-state index contributed by atoms with van der Waals surface area (Å²) in [6.45, 7) is 4.59. The SMILES string of the molecule is CCC1=CN(S(=O)(=O)c2ccc(C)cc2)CC1CCc1ccc(Br)cc1. The Morgan fingerprint density at radius 1 is 1.08 bits per heavy atom. The van der Waals surface area contributed by atoms with Crippen molar-refractivity contribution in [2.24, 2.45) is 5.92 Å². The molecule has 0 amide bonds. The van der Waals surface area contributed by atoms with Crippen molar-refractivity contribution in [3.63, 3.8) is 0 Å². The van der Waals surface area contributed by atoms with Crippen LogP contribution in [0.25, 0.3) is 0 Å². The lowest BCUT2D eigenvalue weighted by Crippen LogP contribution is -2.26. The van der Waals surface area contributed by atoms with Gasteiger partial charge >= 0.3 is 0 Å². The van der Waals surface area contributed by atoms with Crippen LogP contribution in [-0.2, 0) is 16.4 Å². The van der Waals surface area contributed by atoms with Gasteiger partial charge in [-0.05, 0) is 61.6 Å². The smallest absolute Gasteiger partial charge is 0.263 e. The Morgan fingerprint density at radius 3 is 2.35 bits per heavy atom. The van der Waals surface area contributed by atoms with E-state index >= 15 is 0 Å². The number of nitrogens with zero attached hydrogens (tertiary/aromatic N) is 1. The summed E-state index contributed by atoms with van der Waals surface area (Å²) in [5.74, 6) is 0.281. The van der Waals surface area contributed by atoms with Gasteiger partial charge in [-0.25, -0.2) is 8.42 Å². The monoisotopic (exact) mass is 433 g/mol. The number of benzene rings is 2. The number of hydrogen-bond acceptors (Lipinski definition) is 2. The number of rotatable bonds is 6. The van der Waals surface area contributed by atoms with E-state index < -0.39 is 10.0 Å². The lowest BCUT2D eigenvalue weighted by Gasteiger charge is -2.19. The maximum Gasteiger partial charge on any atom is 0.263 e. The van der Waals surface area contributed by atoms with Crippen LogP contribution >= 0.6 is 15.9 Å². The molecule has 3 rings (SSSR count). The molecule has 0 radical (unpaired) electrons. The first-order chi connectivity index (χ1) is 12.4. The van der Waals surface area contributed by atoms with Crippen molar-refractivity contribution in [3.8, 4) is 0 Å². The van der Waals surface area contributed by atoms with Crippen LogP contribution in [0.15, 0.2) is 69.7 Å². The van der Waals surface area contributed by atoms with E-state index in [1.165, 1.54) is 15.4 Å². The minimum absolute atomic E-state index is 0.281. The van der Waals surface area contributed by atoms with Crippen LogP contribution in [0.2, 0.25) is 0 Å². The third-order valence-electron chi connectivity index (χ3n) is 4.97. The van der Waals surface area contributed by atoms with E-state index in [4.69, 9.17) is 0 Å². The van der Waals surface area contributed by atoms with Crippen molar-refractivity contribution in [1.82, 2.24) is 4.31 Å². The predicted molar refractivity (Wildman–Crippen MR) is 109 cm³/mol. The molecule has 1 aliphatic heterocycles. The molecule has 1 aliphatic rings. The quantitative estimate of drug-likeness (QED) is 0.619. The van der Waals surface area contributed by atoms with Gasteiger partial charge < -0.3 is 0 Å². The fourth-order valence-electron chi connectivity index (χ4n) is 3.34. The molecule has 138 valence electrons. The maximum absolute atomic E-state index is 12.9. The Kier molecular flexibility index (Phi) is 5.88. The molecule has 1 atom stereocenters. The predicted octanol–water partition coefficient (Wildman–Crippen LogP) is 5.30. The fourth-order valence-corrected chi connectivity index (χ4v) is 5.00. The van der Waals surface area contributed by atoms with Gasteiger partial charge in [-0.15, -0.1) is 0 Å². The first-order valence-electron chi connectivity index (χ1n) is 8.93. The van der Waals surface area contributed by atoms with E-state index in [-0.39, 0.29) is 5.92 Å². The highest BCUT2D eigenvalue weighted by molar-refractivity contribution is 9.10. The van der Waals surface area contributed by atoms with Gasteiger partial charge in [0, 0.05) is 23.1 Å². The number of halogens is 1. The fraction of sp³-hybridized carbons (Fsp3) is 0.333. The third-order valence-corrected chi connectivity index (χ3v) is 7.23. The second kappa shape index (κ2) is 7.97. The number of sulfonamides is 1. The Bertz CT molecular complexity index is 887. The van der Waals surface area contributed by atoms with Gasteiger partial charge in [-0.2, -0.15) is 0 Å². The lowest BCUT2D eigenvalue weighted by molar-refractivity contribution is 0.460. The highest BCUT2D eigenvalue weighted by Gasteiger charge is 2.31. The van der Waals surface area contributed by atoms with E-state index in [0.29, 0.717) is 11.4 Å². The molecular formula is C21H24BrNO2S. The molecule has 0 spiro atoms. The molecule has 5 heteroatoms. The summed E-state index contributed by atoms with van der Waals surface area (Å²) in [5, 5.41) is 0. The molecule has 1 heterocycles. The van der Waals surface area contributed by atoms with Crippen LogP contribution in [-0.4, -0.2) is 19.3 Å². The van der Waals surface area contributed by atoms with Crippen molar-refractivity contribution in [2.75, 3.05) is 6.54 Å². The zero-order valence-electron chi connectivity index (χ0n) is 15.2. The average Bonchev–Trinajstić information content (AvgIpc) is 3.06. The van der Waals surface area contributed by atoms with Crippen LogP contribution in [0.4, 0.5) is 0 Å². The standard InChI is InChI=1S/C21H24BrNO2S/c1-3-18-14-23(26(24,25)21-12-4-16(2)5-13-21)15-19(18)9-6-17-7-10-20(22)11-8-17/h4-5,7-8,10-14,19H,3,6,9,15H2,1-2H3. The molecule has 0 fully saturated rings. The van der Waals surface area contributed by atoms with Gasteiger partial charge in [-0.1, -0.05) is 52.7 Å². The summed E-state index contributed by atoms with van der Waals surface area (Å²) < 4.78 is 28.5. The van der Waals surface area contributed by atoms with Crippen LogP contribution in [0.3, 0.4) is 0 Å². The first kappa shape index (κ1) is 19.2. The maximum atomic E-state index is 12.9. The van der Waals surface area contributed by atoms with Crippen LogP contribution < -0.4 is 0 Å². The van der Waals surface area contributed by atoms with Gasteiger partial charge in [0.2, 0.25) is 0 Å². The van der Waals surface area contributed by atoms with Gasteiger partial charge in [0.05, 0.1) is 4.90 Å². The topological polar surface area (TPSA) is 37.4 Å². The molecule has 0 N–H and O–H groups in total. The number of hydrogen-bond donors (Lipinski definition) is 0. The third kappa shape index (κ3) is 4.21. The van der Waals surface area contributed by atoms with Gasteiger partial charge in [0.25, 0.3) is 10.0 Å². The van der Waals surface area contributed by atoms with E-state index in [1.807, 2.05) is 25.3 Å². The summed E-state index contributed by atoms with van der Waals surface area (Å²) in [7, 11) is -3.47. The molecule has 0 saturated heterocycles.